The number of piperidine rings is 1. The number of likely N-dealkylation sites (tertiary alicyclic amines) is 1. The maximum atomic E-state index is 12.5. The van der Waals surface area contributed by atoms with E-state index in [2.05, 4.69) is 0 Å². The van der Waals surface area contributed by atoms with Crippen molar-refractivity contribution in [1.29, 1.82) is 0 Å². The first-order valence-corrected chi connectivity index (χ1v) is 7.11. The van der Waals surface area contributed by atoms with E-state index in [1.54, 1.807) is 13.2 Å². The molecule has 4 nitrogen and oxygen atoms in total. The first-order valence-electron chi connectivity index (χ1n) is 7.11. The number of nitrogens with zero attached hydrogens (tertiary/aromatic N) is 1. The van der Waals surface area contributed by atoms with Gasteiger partial charge in [0, 0.05) is 31.0 Å². The van der Waals surface area contributed by atoms with Crippen molar-refractivity contribution in [3.05, 3.63) is 29.8 Å². The van der Waals surface area contributed by atoms with Crippen LogP contribution in [0.4, 0.5) is 0 Å². The average molecular weight is 275 g/mol. The quantitative estimate of drug-likeness (QED) is 0.793. The van der Waals surface area contributed by atoms with E-state index in [1.807, 2.05) is 30.0 Å². The second-order valence-corrected chi connectivity index (χ2v) is 5.10. The largest absolute Gasteiger partial charge is 0.497 e. The number of carbonyl (C=O) groups is 2. The van der Waals surface area contributed by atoms with Gasteiger partial charge in [0.25, 0.3) is 0 Å². The predicted octanol–water partition coefficient (Wildman–Crippen LogP) is 2.53. The van der Waals surface area contributed by atoms with Gasteiger partial charge in [-0.05, 0) is 25.0 Å². The van der Waals surface area contributed by atoms with Crippen LogP contribution in [-0.4, -0.2) is 36.8 Å². The molecule has 0 radical (unpaired) electrons. The molecule has 1 heterocycles. The summed E-state index contributed by atoms with van der Waals surface area (Å²) in [5.41, 5.74) is 0.699. The molecule has 0 spiro atoms. The molecule has 1 amide bonds. The summed E-state index contributed by atoms with van der Waals surface area (Å²) in [6.07, 6.45) is 2.04. The highest BCUT2D eigenvalue weighted by molar-refractivity contribution is 5.98. The predicted molar refractivity (Wildman–Crippen MR) is 76.9 cm³/mol. The molecule has 108 valence electrons. The molecule has 1 aromatic carbocycles. The number of amides is 1. The van der Waals surface area contributed by atoms with Gasteiger partial charge in [0.1, 0.15) is 5.75 Å². The van der Waals surface area contributed by atoms with Gasteiger partial charge in [-0.15, -0.1) is 0 Å². The Hall–Kier alpha value is -1.84. The number of hydrogen-bond acceptors (Lipinski definition) is 3. The van der Waals surface area contributed by atoms with Crippen LogP contribution < -0.4 is 4.74 Å². The zero-order valence-electron chi connectivity index (χ0n) is 12.1. The fourth-order valence-electron chi connectivity index (χ4n) is 2.63. The van der Waals surface area contributed by atoms with Crippen molar-refractivity contribution in [2.75, 3.05) is 20.2 Å². The number of ketones is 1. The van der Waals surface area contributed by atoms with Gasteiger partial charge in [0.15, 0.2) is 5.78 Å². The minimum absolute atomic E-state index is 0.0167. The normalized spacial score (nSPS) is 16.0. The molecule has 1 aliphatic heterocycles. The molecule has 0 atom stereocenters. The Kier molecular flexibility index (Phi) is 4.77. The molecule has 1 aromatic rings. The molecular weight excluding hydrogens is 254 g/mol. The van der Waals surface area contributed by atoms with Gasteiger partial charge in [-0.25, -0.2) is 0 Å². The SMILES string of the molecule is CCC(=O)N1CCC(C(=O)c2cccc(OC)c2)CC1. The second kappa shape index (κ2) is 6.55. The third-order valence-corrected chi connectivity index (χ3v) is 3.88. The summed E-state index contributed by atoms with van der Waals surface area (Å²) in [5.74, 6) is 1.06. The molecular formula is C16H21NO3. The number of Topliss-reactive ketones (excluding diaryl/α,β-unsaturated/α-hetero) is 1. The van der Waals surface area contributed by atoms with Gasteiger partial charge >= 0.3 is 0 Å². The lowest BCUT2D eigenvalue weighted by Gasteiger charge is -2.31. The highest BCUT2D eigenvalue weighted by Gasteiger charge is 2.27. The Bertz CT molecular complexity index is 490. The molecule has 0 bridgehead atoms. The van der Waals surface area contributed by atoms with Crippen LogP contribution in [-0.2, 0) is 4.79 Å². The van der Waals surface area contributed by atoms with Crippen LogP contribution in [0.15, 0.2) is 24.3 Å². The molecule has 20 heavy (non-hydrogen) atoms. The van der Waals surface area contributed by atoms with Crippen LogP contribution in [0, 0.1) is 5.92 Å². The summed E-state index contributed by atoms with van der Waals surface area (Å²) in [4.78, 5) is 25.9. The number of hydrogen-bond donors (Lipinski definition) is 0. The third kappa shape index (κ3) is 3.18. The highest BCUT2D eigenvalue weighted by atomic mass is 16.5. The van der Waals surface area contributed by atoms with E-state index in [1.165, 1.54) is 0 Å². The summed E-state index contributed by atoms with van der Waals surface area (Å²) in [7, 11) is 1.60. The molecule has 0 aliphatic carbocycles. The summed E-state index contributed by atoms with van der Waals surface area (Å²) in [5, 5.41) is 0. The van der Waals surface area contributed by atoms with Gasteiger partial charge in [-0.3, -0.25) is 9.59 Å². The first kappa shape index (κ1) is 14.6. The van der Waals surface area contributed by atoms with Gasteiger partial charge in [-0.1, -0.05) is 19.1 Å². The first-order chi connectivity index (χ1) is 9.65. The lowest BCUT2D eigenvalue weighted by molar-refractivity contribution is -0.132. The van der Waals surface area contributed by atoms with E-state index < -0.39 is 0 Å². The van der Waals surface area contributed by atoms with Gasteiger partial charge < -0.3 is 9.64 Å². The highest BCUT2D eigenvalue weighted by Crippen LogP contribution is 2.24. The van der Waals surface area contributed by atoms with E-state index >= 15 is 0 Å². The Morgan fingerprint density at radius 1 is 1.30 bits per heavy atom. The number of ether oxygens (including phenoxy) is 1. The zero-order valence-corrected chi connectivity index (χ0v) is 12.1. The number of carbonyl (C=O) groups excluding carboxylic acids is 2. The smallest absolute Gasteiger partial charge is 0.222 e. The number of benzene rings is 1. The Labute approximate surface area is 119 Å². The molecule has 0 aromatic heterocycles. The van der Waals surface area contributed by atoms with E-state index in [0.29, 0.717) is 30.8 Å². The van der Waals surface area contributed by atoms with Crippen molar-refractivity contribution >= 4 is 11.7 Å². The molecule has 1 saturated heterocycles. The van der Waals surface area contributed by atoms with Gasteiger partial charge in [0.05, 0.1) is 7.11 Å². The minimum atomic E-state index is 0.0167. The van der Waals surface area contributed by atoms with Crippen molar-refractivity contribution in [1.82, 2.24) is 4.90 Å². The lowest BCUT2D eigenvalue weighted by atomic mass is 9.88. The molecule has 0 N–H and O–H groups in total. The molecule has 1 aliphatic rings. The molecule has 1 fully saturated rings. The Morgan fingerprint density at radius 3 is 2.60 bits per heavy atom. The Balaban J connectivity index is 1.99. The summed E-state index contributed by atoms with van der Waals surface area (Å²) < 4.78 is 5.15. The van der Waals surface area contributed by atoms with Crippen LogP contribution in [0.5, 0.6) is 5.75 Å². The van der Waals surface area contributed by atoms with Crippen LogP contribution in [0.1, 0.15) is 36.5 Å². The van der Waals surface area contributed by atoms with Crippen molar-refractivity contribution in [2.24, 2.45) is 5.92 Å². The summed E-state index contributed by atoms with van der Waals surface area (Å²) >= 11 is 0. The maximum absolute atomic E-state index is 12.5. The lowest BCUT2D eigenvalue weighted by Crippen LogP contribution is -2.39. The zero-order chi connectivity index (χ0) is 14.5. The molecule has 0 unspecified atom stereocenters. The topological polar surface area (TPSA) is 46.6 Å². The van der Waals surface area contributed by atoms with Crippen LogP contribution in [0.2, 0.25) is 0 Å². The van der Waals surface area contributed by atoms with Crippen LogP contribution >= 0.6 is 0 Å². The Morgan fingerprint density at radius 2 is 2.00 bits per heavy atom. The average Bonchev–Trinajstić information content (AvgIpc) is 2.53. The van der Waals surface area contributed by atoms with Crippen molar-refractivity contribution in [2.45, 2.75) is 26.2 Å². The monoisotopic (exact) mass is 275 g/mol. The van der Waals surface area contributed by atoms with Crippen LogP contribution in [0.25, 0.3) is 0 Å². The standard InChI is InChI=1S/C16H21NO3/c1-3-15(18)17-9-7-12(8-10-17)16(19)13-5-4-6-14(11-13)20-2/h4-6,11-12H,3,7-10H2,1-2H3. The van der Waals surface area contributed by atoms with E-state index in [0.717, 1.165) is 12.8 Å². The fraction of sp³-hybridized carbons (Fsp3) is 0.500. The van der Waals surface area contributed by atoms with Crippen molar-refractivity contribution < 1.29 is 14.3 Å². The minimum Gasteiger partial charge on any atom is -0.497 e. The number of methoxy groups -OCH3 is 1. The molecule has 0 saturated carbocycles. The fourth-order valence-corrected chi connectivity index (χ4v) is 2.63. The van der Waals surface area contributed by atoms with Crippen molar-refractivity contribution in [3.63, 3.8) is 0 Å². The third-order valence-electron chi connectivity index (χ3n) is 3.88. The molecule has 4 heteroatoms. The number of rotatable bonds is 4. The second-order valence-electron chi connectivity index (χ2n) is 5.10. The summed E-state index contributed by atoms with van der Waals surface area (Å²) in [6, 6.07) is 7.28. The van der Waals surface area contributed by atoms with E-state index in [-0.39, 0.29) is 17.6 Å². The van der Waals surface area contributed by atoms with E-state index in [9.17, 15) is 9.59 Å². The van der Waals surface area contributed by atoms with Crippen LogP contribution in [0.3, 0.4) is 0 Å². The van der Waals surface area contributed by atoms with Gasteiger partial charge in [0.2, 0.25) is 5.91 Å². The summed E-state index contributed by atoms with van der Waals surface area (Å²) in [6.45, 7) is 3.25. The molecule has 2 rings (SSSR count). The van der Waals surface area contributed by atoms with Crippen molar-refractivity contribution in [3.8, 4) is 5.75 Å². The maximum Gasteiger partial charge on any atom is 0.222 e. The van der Waals surface area contributed by atoms with E-state index in [4.69, 9.17) is 4.74 Å². The van der Waals surface area contributed by atoms with Gasteiger partial charge in [-0.2, -0.15) is 0 Å².